The second-order valence-electron chi connectivity index (χ2n) is 8.76. The first-order valence-electron chi connectivity index (χ1n) is 11.7. The van der Waals surface area contributed by atoms with Gasteiger partial charge in [0.15, 0.2) is 0 Å². The average molecular weight is 449 g/mol. The molecule has 174 valence electrons. The van der Waals surface area contributed by atoms with Crippen molar-refractivity contribution in [2.45, 2.75) is 65.5 Å². The van der Waals surface area contributed by atoms with Gasteiger partial charge in [-0.2, -0.15) is 10.2 Å². The SMILES string of the molecule is CCn1nccc1C(=O)N[C@H](C(=O)Nc1ccc(-c2c(C)n[nH]c2C)cc1)C1CCCCC1. The fourth-order valence-corrected chi connectivity index (χ4v) is 4.77. The van der Waals surface area contributed by atoms with E-state index in [1.807, 2.05) is 45.0 Å². The van der Waals surface area contributed by atoms with Gasteiger partial charge in [0, 0.05) is 29.7 Å². The van der Waals surface area contributed by atoms with E-state index in [4.69, 9.17) is 0 Å². The van der Waals surface area contributed by atoms with E-state index >= 15 is 0 Å². The number of rotatable bonds is 7. The van der Waals surface area contributed by atoms with Gasteiger partial charge in [0.05, 0.1) is 5.69 Å². The van der Waals surface area contributed by atoms with Crippen molar-refractivity contribution in [1.29, 1.82) is 0 Å². The van der Waals surface area contributed by atoms with Gasteiger partial charge in [0.1, 0.15) is 11.7 Å². The minimum Gasteiger partial charge on any atom is -0.339 e. The highest BCUT2D eigenvalue weighted by Crippen LogP contribution is 2.29. The Morgan fingerprint density at radius 3 is 2.48 bits per heavy atom. The van der Waals surface area contributed by atoms with Crippen LogP contribution in [0.25, 0.3) is 11.1 Å². The van der Waals surface area contributed by atoms with E-state index in [2.05, 4.69) is 25.9 Å². The van der Waals surface area contributed by atoms with Crippen LogP contribution >= 0.6 is 0 Å². The number of nitrogens with one attached hydrogen (secondary N) is 3. The van der Waals surface area contributed by atoms with Crippen LogP contribution in [0.4, 0.5) is 5.69 Å². The molecule has 0 saturated heterocycles. The predicted molar refractivity (Wildman–Crippen MR) is 128 cm³/mol. The molecule has 8 nitrogen and oxygen atoms in total. The summed E-state index contributed by atoms with van der Waals surface area (Å²) < 4.78 is 1.64. The topological polar surface area (TPSA) is 105 Å². The Morgan fingerprint density at radius 2 is 1.85 bits per heavy atom. The summed E-state index contributed by atoms with van der Waals surface area (Å²) in [6.07, 6.45) is 6.81. The van der Waals surface area contributed by atoms with Gasteiger partial charge in [0.25, 0.3) is 5.91 Å². The zero-order chi connectivity index (χ0) is 23.4. The second kappa shape index (κ2) is 10.0. The Morgan fingerprint density at radius 1 is 1.12 bits per heavy atom. The van der Waals surface area contributed by atoms with Crippen molar-refractivity contribution < 1.29 is 9.59 Å². The van der Waals surface area contributed by atoms with E-state index < -0.39 is 6.04 Å². The summed E-state index contributed by atoms with van der Waals surface area (Å²) in [5.74, 6) is -0.321. The molecule has 0 spiro atoms. The number of anilines is 1. The molecule has 3 aromatic rings. The van der Waals surface area contributed by atoms with Gasteiger partial charge in [-0.05, 0) is 63.3 Å². The molecule has 1 atom stereocenters. The van der Waals surface area contributed by atoms with Gasteiger partial charge in [-0.1, -0.05) is 31.4 Å². The average Bonchev–Trinajstić information content (AvgIpc) is 3.44. The molecule has 2 heterocycles. The van der Waals surface area contributed by atoms with Crippen LogP contribution in [0.15, 0.2) is 36.5 Å². The van der Waals surface area contributed by atoms with E-state index in [-0.39, 0.29) is 17.7 Å². The summed E-state index contributed by atoms with van der Waals surface area (Å²) in [5, 5.41) is 17.5. The van der Waals surface area contributed by atoms with Crippen molar-refractivity contribution in [2.24, 2.45) is 5.92 Å². The number of hydrogen-bond acceptors (Lipinski definition) is 4. The summed E-state index contributed by atoms with van der Waals surface area (Å²) in [6.45, 7) is 6.49. The van der Waals surface area contributed by atoms with Crippen molar-refractivity contribution in [3.8, 4) is 11.1 Å². The molecule has 1 aromatic carbocycles. The molecule has 3 N–H and O–H groups in total. The molecule has 0 radical (unpaired) electrons. The molecule has 1 aliphatic carbocycles. The minimum absolute atomic E-state index is 0.121. The van der Waals surface area contributed by atoms with Crippen molar-refractivity contribution in [3.05, 3.63) is 53.6 Å². The number of nitrogens with zero attached hydrogens (tertiary/aromatic N) is 3. The number of amides is 2. The molecule has 1 fully saturated rings. The largest absolute Gasteiger partial charge is 0.339 e. The maximum absolute atomic E-state index is 13.3. The lowest BCUT2D eigenvalue weighted by molar-refractivity contribution is -0.119. The molecule has 8 heteroatoms. The third-order valence-electron chi connectivity index (χ3n) is 6.51. The zero-order valence-corrected chi connectivity index (χ0v) is 19.5. The number of carbonyl (C=O) groups is 2. The van der Waals surface area contributed by atoms with Crippen LogP contribution in [0, 0.1) is 19.8 Å². The Kier molecular flexibility index (Phi) is 6.91. The highest BCUT2D eigenvalue weighted by atomic mass is 16.2. The molecule has 2 aromatic heterocycles. The van der Waals surface area contributed by atoms with Gasteiger partial charge in [0.2, 0.25) is 5.91 Å². The molecule has 4 rings (SSSR count). The van der Waals surface area contributed by atoms with Crippen LogP contribution in [-0.2, 0) is 11.3 Å². The first-order chi connectivity index (χ1) is 16.0. The smallest absolute Gasteiger partial charge is 0.270 e. The van der Waals surface area contributed by atoms with Crippen molar-refractivity contribution in [3.63, 3.8) is 0 Å². The van der Waals surface area contributed by atoms with E-state index in [1.54, 1.807) is 16.9 Å². The van der Waals surface area contributed by atoms with E-state index in [0.29, 0.717) is 17.9 Å². The van der Waals surface area contributed by atoms with E-state index in [0.717, 1.165) is 48.2 Å². The Hall–Kier alpha value is -3.42. The lowest BCUT2D eigenvalue weighted by Crippen LogP contribution is -2.49. The lowest BCUT2D eigenvalue weighted by atomic mass is 9.83. The van der Waals surface area contributed by atoms with Crippen LogP contribution in [0.2, 0.25) is 0 Å². The first-order valence-corrected chi connectivity index (χ1v) is 11.7. The number of hydrogen-bond donors (Lipinski definition) is 3. The van der Waals surface area contributed by atoms with Crippen LogP contribution in [0.5, 0.6) is 0 Å². The fraction of sp³-hybridized carbons (Fsp3) is 0.440. The summed E-state index contributed by atoms with van der Waals surface area (Å²) in [7, 11) is 0. The zero-order valence-electron chi connectivity index (χ0n) is 19.5. The fourth-order valence-electron chi connectivity index (χ4n) is 4.77. The molecular formula is C25H32N6O2. The Labute approximate surface area is 194 Å². The van der Waals surface area contributed by atoms with Gasteiger partial charge in [-0.15, -0.1) is 0 Å². The highest BCUT2D eigenvalue weighted by Gasteiger charge is 2.32. The monoisotopic (exact) mass is 448 g/mol. The molecule has 0 unspecified atom stereocenters. The third-order valence-corrected chi connectivity index (χ3v) is 6.51. The van der Waals surface area contributed by atoms with Gasteiger partial charge in [-0.3, -0.25) is 19.4 Å². The number of aryl methyl sites for hydroxylation is 3. The quantitative estimate of drug-likeness (QED) is 0.503. The standard InChI is InChI=1S/C25H32N6O2/c1-4-31-21(14-15-26-31)24(32)28-23(19-8-6-5-7-9-19)25(33)27-20-12-10-18(11-13-20)22-16(2)29-30-17(22)3/h10-15,19,23H,4-9H2,1-3H3,(H,27,33)(H,28,32)(H,29,30)/t23-/m0/s1. The van der Waals surface area contributed by atoms with Gasteiger partial charge >= 0.3 is 0 Å². The van der Waals surface area contributed by atoms with Gasteiger partial charge < -0.3 is 10.6 Å². The summed E-state index contributed by atoms with van der Waals surface area (Å²) in [5.41, 5.74) is 5.25. The normalized spacial score (nSPS) is 15.2. The first kappa shape index (κ1) is 22.8. The van der Waals surface area contributed by atoms with Gasteiger partial charge in [-0.25, -0.2) is 0 Å². The second-order valence-corrected chi connectivity index (χ2v) is 8.76. The number of benzene rings is 1. The summed E-state index contributed by atoms with van der Waals surface area (Å²) in [4.78, 5) is 26.3. The van der Waals surface area contributed by atoms with E-state index in [9.17, 15) is 9.59 Å². The molecule has 2 amide bonds. The summed E-state index contributed by atoms with van der Waals surface area (Å²) >= 11 is 0. The van der Waals surface area contributed by atoms with Crippen LogP contribution < -0.4 is 10.6 Å². The maximum atomic E-state index is 13.3. The molecule has 1 saturated carbocycles. The third kappa shape index (κ3) is 4.99. The van der Waals surface area contributed by atoms with Crippen molar-refractivity contribution in [2.75, 3.05) is 5.32 Å². The summed E-state index contributed by atoms with van der Waals surface area (Å²) in [6, 6.07) is 8.85. The number of aromatic nitrogens is 4. The molecule has 33 heavy (non-hydrogen) atoms. The van der Waals surface area contributed by atoms with Crippen LogP contribution in [-0.4, -0.2) is 37.8 Å². The minimum atomic E-state index is -0.587. The number of aromatic amines is 1. The Balaban J connectivity index is 1.51. The van der Waals surface area contributed by atoms with Crippen molar-refractivity contribution >= 4 is 17.5 Å². The predicted octanol–water partition coefficient (Wildman–Crippen LogP) is 4.23. The lowest BCUT2D eigenvalue weighted by Gasteiger charge is -2.30. The Bertz CT molecular complexity index is 1090. The molecule has 0 bridgehead atoms. The molecular weight excluding hydrogens is 416 g/mol. The maximum Gasteiger partial charge on any atom is 0.270 e. The molecule has 0 aliphatic heterocycles. The van der Waals surface area contributed by atoms with Crippen LogP contribution in [0.3, 0.4) is 0 Å². The van der Waals surface area contributed by atoms with E-state index in [1.165, 1.54) is 6.42 Å². The molecule has 1 aliphatic rings. The van der Waals surface area contributed by atoms with Crippen LogP contribution in [0.1, 0.15) is 60.9 Å². The number of H-pyrrole nitrogens is 1. The van der Waals surface area contributed by atoms with Crippen molar-refractivity contribution in [1.82, 2.24) is 25.3 Å². The highest BCUT2D eigenvalue weighted by molar-refractivity contribution is 6.00. The number of carbonyl (C=O) groups excluding carboxylic acids is 2.